The van der Waals surface area contributed by atoms with Crippen LogP contribution in [0.5, 0.6) is 0 Å². The number of carbonyl (C=O) groups excluding carboxylic acids is 4. The second-order valence-electron chi connectivity index (χ2n) is 9.39. The SMILES string of the molecule is CC(=O)Nc1ccc(NC(=O)C(C)Sc2cccc(NC(=O)/C(=C/c3ccccc3F)NC(=O)c3ccccc3)c2)cc1. The number of hydrogen-bond donors (Lipinski definition) is 4. The Morgan fingerprint density at radius 1 is 0.744 bits per heavy atom. The average molecular weight is 597 g/mol. The molecule has 4 rings (SSSR count). The molecule has 43 heavy (non-hydrogen) atoms. The van der Waals surface area contributed by atoms with Gasteiger partial charge < -0.3 is 21.3 Å². The fraction of sp³-hybridized carbons (Fsp3) is 0.0909. The number of benzene rings is 4. The van der Waals surface area contributed by atoms with Crippen LogP contribution < -0.4 is 21.3 Å². The van der Waals surface area contributed by atoms with Gasteiger partial charge in [0.1, 0.15) is 11.5 Å². The fourth-order valence-electron chi connectivity index (χ4n) is 3.88. The number of thioether (sulfide) groups is 1. The van der Waals surface area contributed by atoms with E-state index in [1.54, 1.807) is 91.9 Å². The van der Waals surface area contributed by atoms with Gasteiger partial charge in [-0.25, -0.2) is 4.39 Å². The van der Waals surface area contributed by atoms with Gasteiger partial charge in [-0.1, -0.05) is 42.5 Å². The largest absolute Gasteiger partial charge is 0.326 e. The van der Waals surface area contributed by atoms with Gasteiger partial charge in [0.05, 0.1) is 5.25 Å². The van der Waals surface area contributed by atoms with Crippen molar-refractivity contribution in [3.8, 4) is 0 Å². The summed E-state index contributed by atoms with van der Waals surface area (Å²) in [5.41, 5.74) is 1.95. The summed E-state index contributed by atoms with van der Waals surface area (Å²) < 4.78 is 14.4. The van der Waals surface area contributed by atoms with Crippen molar-refractivity contribution < 1.29 is 23.6 Å². The molecule has 0 saturated heterocycles. The second-order valence-corrected chi connectivity index (χ2v) is 10.8. The normalized spacial score (nSPS) is 11.7. The second kappa shape index (κ2) is 14.6. The van der Waals surface area contributed by atoms with Crippen molar-refractivity contribution in [1.29, 1.82) is 0 Å². The first-order valence-corrected chi connectivity index (χ1v) is 14.1. The van der Waals surface area contributed by atoms with E-state index in [1.807, 2.05) is 0 Å². The molecule has 0 aliphatic rings. The maximum absolute atomic E-state index is 14.4. The van der Waals surface area contributed by atoms with Gasteiger partial charge in [0.25, 0.3) is 11.8 Å². The lowest BCUT2D eigenvalue weighted by Gasteiger charge is -2.14. The number of halogens is 1. The van der Waals surface area contributed by atoms with Crippen LogP contribution in [0, 0.1) is 5.82 Å². The molecule has 0 aromatic heterocycles. The molecule has 0 bridgehead atoms. The van der Waals surface area contributed by atoms with E-state index < -0.39 is 22.9 Å². The molecule has 0 aliphatic carbocycles. The Morgan fingerprint density at radius 3 is 2.07 bits per heavy atom. The van der Waals surface area contributed by atoms with Crippen LogP contribution in [-0.2, 0) is 14.4 Å². The fourth-order valence-corrected chi connectivity index (χ4v) is 4.80. The molecular weight excluding hydrogens is 567 g/mol. The predicted molar refractivity (Wildman–Crippen MR) is 168 cm³/mol. The number of rotatable bonds is 10. The molecule has 8 nitrogen and oxygen atoms in total. The molecule has 218 valence electrons. The van der Waals surface area contributed by atoms with E-state index in [4.69, 9.17) is 0 Å². The van der Waals surface area contributed by atoms with Gasteiger partial charge in [-0.3, -0.25) is 19.2 Å². The number of amides is 4. The van der Waals surface area contributed by atoms with Crippen LogP contribution in [0.1, 0.15) is 29.8 Å². The number of carbonyl (C=O) groups is 4. The molecule has 0 saturated carbocycles. The van der Waals surface area contributed by atoms with Crippen LogP contribution in [-0.4, -0.2) is 28.9 Å². The molecule has 4 aromatic rings. The zero-order valence-electron chi connectivity index (χ0n) is 23.4. The maximum Gasteiger partial charge on any atom is 0.272 e. The van der Waals surface area contributed by atoms with E-state index >= 15 is 0 Å². The lowest BCUT2D eigenvalue weighted by atomic mass is 10.1. The van der Waals surface area contributed by atoms with Gasteiger partial charge in [-0.2, -0.15) is 0 Å². The third kappa shape index (κ3) is 9.14. The highest BCUT2D eigenvalue weighted by Gasteiger charge is 2.18. The molecule has 1 atom stereocenters. The van der Waals surface area contributed by atoms with Crippen LogP contribution in [0.2, 0.25) is 0 Å². The topological polar surface area (TPSA) is 116 Å². The first kappa shape index (κ1) is 30.7. The van der Waals surface area contributed by atoms with Crippen molar-refractivity contribution in [3.63, 3.8) is 0 Å². The van der Waals surface area contributed by atoms with Crippen LogP contribution in [0.15, 0.2) is 114 Å². The van der Waals surface area contributed by atoms with Crippen molar-refractivity contribution >= 4 is 58.5 Å². The van der Waals surface area contributed by atoms with Gasteiger partial charge in [0, 0.05) is 40.0 Å². The number of hydrogen-bond acceptors (Lipinski definition) is 5. The summed E-state index contributed by atoms with van der Waals surface area (Å²) in [6.07, 6.45) is 1.28. The first-order valence-electron chi connectivity index (χ1n) is 13.3. The molecule has 0 radical (unpaired) electrons. The van der Waals surface area contributed by atoms with E-state index in [1.165, 1.54) is 43.0 Å². The smallest absolute Gasteiger partial charge is 0.272 e. The minimum Gasteiger partial charge on any atom is -0.326 e. The molecule has 0 heterocycles. The molecule has 1 unspecified atom stereocenters. The monoisotopic (exact) mass is 596 g/mol. The summed E-state index contributed by atoms with van der Waals surface area (Å²) in [5.74, 6) is -2.13. The molecule has 4 amide bonds. The minimum atomic E-state index is -0.650. The lowest BCUT2D eigenvalue weighted by Crippen LogP contribution is -2.30. The summed E-state index contributed by atoms with van der Waals surface area (Å²) in [6.45, 7) is 3.17. The zero-order valence-corrected chi connectivity index (χ0v) is 24.2. The van der Waals surface area contributed by atoms with Gasteiger partial charge >= 0.3 is 0 Å². The summed E-state index contributed by atoms with van der Waals surface area (Å²) in [5, 5.41) is 10.4. The van der Waals surface area contributed by atoms with E-state index in [0.717, 1.165) is 4.90 Å². The van der Waals surface area contributed by atoms with Crippen LogP contribution >= 0.6 is 11.8 Å². The summed E-state index contributed by atoms with van der Waals surface area (Å²) in [4.78, 5) is 50.9. The van der Waals surface area contributed by atoms with Crippen LogP contribution in [0.3, 0.4) is 0 Å². The molecule has 0 spiro atoms. The summed E-state index contributed by atoms with van der Waals surface area (Å²) >= 11 is 1.29. The Hall–Kier alpha value is -5.22. The van der Waals surface area contributed by atoms with E-state index in [0.29, 0.717) is 22.6 Å². The molecule has 4 N–H and O–H groups in total. The van der Waals surface area contributed by atoms with Crippen molar-refractivity contribution in [2.75, 3.05) is 16.0 Å². The van der Waals surface area contributed by atoms with Gasteiger partial charge in [0.15, 0.2) is 0 Å². The number of anilines is 3. The average Bonchev–Trinajstić information content (AvgIpc) is 2.99. The predicted octanol–water partition coefficient (Wildman–Crippen LogP) is 6.31. The molecule has 10 heteroatoms. The Labute approximate surface area is 252 Å². The van der Waals surface area contributed by atoms with Gasteiger partial charge in [-0.15, -0.1) is 11.8 Å². The van der Waals surface area contributed by atoms with Gasteiger partial charge in [0.2, 0.25) is 11.8 Å². The van der Waals surface area contributed by atoms with Gasteiger partial charge in [-0.05, 0) is 73.7 Å². The minimum absolute atomic E-state index is 0.134. The third-order valence-electron chi connectivity index (χ3n) is 5.98. The standard InChI is InChI=1S/C33H29FN4O4S/c1-21(31(40)36-26-17-15-25(16-18-26)35-22(2)39)43-28-13-8-12-27(20-28)37-33(42)30(19-24-11-6-7-14-29(24)34)38-32(41)23-9-4-3-5-10-23/h3-21H,1-2H3,(H,35,39)(H,36,40)(H,37,42)(H,38,41)/b30-19-. The lowest BCUT2D eigenvalue weighted by molar-refractivity contribution is -0.115. The molecule has 4 aromatic carbocycles. The highest BCUT2D eigenvalue weighted by molar-refractivity contribution is 8.00. The Kier molecular flexibility index (Phi) is 10.4. The molecule has 0 fully saturated rings. The molecular formula is C33H29FN4O4S. The van der Waals surface area contributed by atoms with Crippen molar-refractivity contribution in [2.24, 2.45) is 0 Å². The third-order valence-corrected chi connectivity index (χ3v) is 7.07. The Bertz CT molecular complexity index is 1660. The van der Waals surface area contributed by atoms with Crippen molar-refractivity contribution in [3.05, 3.63) is 126 Å². The Balaban J connectivity index is 1.44. The zero-order chi connectivity index (χ0) is 30.8. The summed E-state index contributed by atoms with van der Waals surface area (Å²) in [6, 6.07) is 28.0. The highest BCUT2D eigenvalue weighted by atomic mass is 32.2. The van der Waals surface area contributed by atoms with Crippen LogP contribution in [0.25, 0.3) is 6.08 Å². The Morgan fingerprint density at radius 2 is 1.40 bits per heavy atom. The summed E-state index contributed by atoms with van der Waals surface area (Å²) in [7, 11) is 0. The van der Waals surface area contributed by atoms with Crippen LogP contribution in [0.4, 0.5) is 21.5 Å². The van der Waals surface area contributed by atoms with E-state index in [-0.39, 0.29) is 23.1 Å². The quantitative estimate of drug-likeness (QED) is 0.126. The van der Waals surface area contributed by atoms with Crippen molar-refractivity contribution in [1.82, 2.24) is 5.32 Å². The number of nitrogens with one attached hydrogen (secondary N) is 4. The highest BCUT2D eigenvalue weighted by Crippen LogP contribution is 2.27. The maximum atomic E-state index is 14.4. The van der Waals surface area contributed by atoms with Crippen molar-refractivity contribution in [2.45, 2.75) is 24.0 Å². The molecule has 0 aliphatic heterocycles. The van der Waals surface area contributed by atoms with E-state index in [9.17, 15) is 23.6 Å². The van der Waals surface area contributed by atoms with E-state index in [2.05, 4.69) is 21.3 Å². The first-order chi connectivity index (χ1) is 20.7.